The van der Waals surface area contributed by atoms with Gasteiger partial charge in [-0.05, 0) is 18.8 Å². The summed E-state index contributed by atoms with van der Waals surface area (Å²) < 4.78 is 0. The fraction of sp³-hybridized carbons (Fsp3) is 0.615. The van der Waals surface area contributed by atoms with Gasteiger partial charge in [-0.3, -0.25) is 20.2 Å². The largest absolute Gasteiger partial charge is 0.328 e. The van der Waals surface area contributed by atoms with Crippen LogP contribution in [0, 0.1) is 11.3 Å². The third-order valence-corrected chi connectivity index (χ3v) is 3.56. The van der Waals surface area contributed by atoms with E-state index in [4.69, 9.17) is 0 Å². The van der Waals surface area contributed by atoms with Crippen LogP contribution >= 0.6 is 0 Å². The number of urea groups is 1. The van der Waals surface area contributed by atoms with E-state index in [1.54, 1.807) is 0 Å². The second-order valence-corrected chi connectivity index (χ2v) is 4.60. The average molecular weight is 252 g/mol. The number of carbonyl (C=O) groups excluding carboxylic acids is 3. The summed E-state index contributed by atoms with van der Waals surface area (Å²) in [5.41, 5.74) is -1.17. The predicted octanol–water partition coefficient (Wildman–Crippen LogP) is 1.74. The van der Waals surface area contributed by atoms with Crippen LogP contribution < -0.4 is 10.6 Å². The van der Waals surface area contributed by atoms with Crippen molar-refractivity contribution in [3.63, 3.8) is 0 Å². The minimum Gasteiger partial charge on any atom is -0.277 e. The van der Waals surface area contributed by atoms with E-state index in [1.807, 2.05) is 32.9 Å². The van der Waals surface area contributed by atoms with E-state index in [-0.39, 0.29) is 5.92 Å². The maximum atomic E-state index is 12.1. The predicted molar refractivity (Wildman–Crippen MR) is 67.6 cm³/mol. The van der Waals surface area contributed by atoms with Crippen LogP contribution in [0.15, 0.2) is 12.2 Å². The zero-order valence-electron chi connectivity index (χ0n) is 11.1. The molecule has 1 heterocycles. The highest BCUT2D eigenvalue weighted by molar-refractivity contribution is 6.19. The summed E-state index contributed by atoms with van der Waals surface area (Å²) in [6.07, 6.45) is 5.61. The first-order valence-corrected chi connectivity index (χ1v) is 6.30. The first-order valence-electron chi connectivity index (χ1n) is 6.30. The first-order chi connectivity index (χ1) is 8.48. The van der Waals surface area contributed by atoms with Gasteiger partial charge in [-0.1, -0.05) is 39.3 Å². The molecule has 1 fully saturated rings. The summed E-state index contributed by atoms with van der Waals surface area (Å²) in [5, 5.41) is 4.40. The van der Waals surface area contributed by atoms with Gasteiger partial charge >= 0.3 is 6.03 Å². The molecule has 18 heavy (non-hydrogen) atoms. The molecular weight excluding hydrogens is 232 g/mol. The second kappa shape index (κ2) is 5.80. The summed E-state index contributed by atoms with van der Waals surface area (Å²) >= 11 is 0. The third-order valence-electron chi connectivity index (χ3n) is 3.56. The number of hydrogen-bond acceptors (Lipinski definition) is 3. The number of allylic oxidation sites excluding steroid dienone is 2. The van der Waals surface area contributed by atoms with Crippen LogP contribution in [-0.4, -0.2) is 17.8 Å². The maximum Gasteiger partial charge on any atom is 0.328 e. The zero-order valence-corrected chi connectivity index (χ0v) is 11.1. The Hall–Kier alpha value is -1.65. The van der Waals surface area contributed by atoms with Crippen molar-refractivity contribution in [1.29, 1.82) is 0 Å². The molecule has 1 aliphatic rings. The Bertz CT molecular complexity index is 368. The number of nitrogens with one attached hydrogen (secondary N) is 2. The van der Waals surface area contributed by atoms with Gasteiger partial charge in [0.2, 0.25) is 11.8 Å². The summed E-state index contributed by atoms with van der Waals surface area (Å²) in [5.74, 6) is -1.12. The van der Waals surface area contributed by atoms with E-state index in [0.29, 0.717) is 12.8 Å². The molecule has 4 amide bonds. The van der Waals surface area contributed by atoms with Crippen molar-refractivity contribution in [1.82, 2.24) is 10.6 Å². The van der Waals surface area contributed by atoms with Crippen LogP contribution in [-0.2, 0) is 9.59 Å². The molecular formula is C13H20N2O3. The van der Waals surface area contributed by atoms with Gasteiger partial charge in [0.15, 0.2) is 0 Å². The Kier molecular flexibility index (Phi) is 4.64. The van der Waals surface area contributed by atoms with Crippen LogP contribution in [0.3, 0.4) is 0 Å². The molecule has 1 saturated heterocycles. The zero-order chi connectivity index (χ0) is 13.8. The van der Waals surface area contributed by atoms with E-state index < -0.39 is 23.3 Å². The lowest BCUT2D eigenvalue weighted by atomic mass is 9.70. The van der Waals surface area contributed by atoms with E-state index in [1.165, 1.54) is 0 Å². The van der Waals surface area contributed by atoms with E-state index in [2.05, 4.69) is 10.6 Å². The molecule has 1 atom stereocenters. The Labute approximate surface area is 107 Å². The normalized spacial score (nSPS) is 20.7. The Balaban J connectivity index is 3.09. The second-order valence-electron chi connectivity index (χ2n) is 4.60. The summed E-state index contributed by atoms with van der Waals surface area (Å²) in [6.45, 7) is 5.76. The molecule has 0 aromatic heterocycles. The molecule has 0 aromatic rings. The number of amides is 4. The number of barbiturate groups is 1. The Morgan fingerprint density at radius 1 is 1.11 bits per heavy atom. The van der Waals surface area contributed by atoms with Crippen LogP contribution in [0.5, 0.6) is 0 Å². The molecule has 1 rings (SSSR count). The van der Waals surface area contributed by atoms with Gasteiger partial charge in [-0.25, -0.2) is 4.79 Å². The van der Waals surface area contributed by atoms with Crippen molar-refractivity contribution in [2.45, 2.75) is 40.0 Å². The number of hydrogen-bond donors (Lipinski definition) is 2. The first kappa shape index (κ1) is 14.4. The molecule has 0 bridgehead atoms. The topological polar surface area (TPSA) is 75.3 Å². The van der Waals surface area contributed by atoms with Crippen LogP contribution in [0.2, 0.25) is 0 Å². The fourth-order valence-corrected chi connectivity index (χ4v) is 2.18. The number of rotatable bonds is 5. The summed E-state index contributed by atoms with van der Waals surface area (Å²) in [6, 6.07) is -0.733. The van der Waals surface area contributed by atoms with Crippen LogP contribution in [0.4, 0.5) is 4.79 Å². The number of imide groups is 2. The lowest BCUT2D eigenvalue weighted by Gasteiger charge is -2.37. The van der Waals surface area contributed by atoms with Crippen molar-refractivity contribution < 1.29 is 14.4 Å². The highest BCUT2D eigenvalue weighted by Crippen LogP contribution is 2.36. The third kappa shape index (κ3) is 2.44. The molecule has 100 valence electrons. The quantitative estimate of drug-likeness (QED) is 0.578. The summed E-state index contributed by atoms with van der Waals surface area (Å²) in [7, 11) is 0. The Morgan fingerprint density at radius 3 is 2.11 bits per heavy atom. The van der Waals surface area contributed by atoms with Crippen molar-refractivity contribution in [3.05, 3.63) is 12.2 Å². The van der Waals surface area contributed by atoms with Gasteiger partial charge in [-0.2, -0.15) is 0 Å². The smallest absolute Gasteiger partial charge is 0.277 e. The molecule has 0 saturated carbocycles. The monoisotopic (exact) mass is 252 g/mol. The molecule has 0 spiro atoms. The van der Waals surface area contributed by atoms with Gasteiger partial charge in [0.1, 0.15) is 5.41 Å². The molecule has 0 aromatic carbocycles. The average Bonchev–Trinajstić information content (AvgIpc) is 2.32. The highest BCUT2D eigenvalue weighted by Gasteiger charge is 2.52. The SMILES string of the molecule is CC/C=C/CC1(C(C)CC)C(=O)NC(=O)NC1=O. The van der Waals surface area contributed by atoms with Crippen LogP contribution in [0.25, 0.3) is 0 Å². The van der Waals surface area contributed by atoms with Gasteiger partial charge in [0, 0.05) is 0 Å². The molecule has 1 unspecified atom stereocenters. The molecule has 0 radical (unpaired) electrons. The summed E-state index contributed by atoms with van der Waals surface area (Å²) in [4.78, 5) is 35.3. The highest BCUT2D eigenvalue weighted by atomic mass is 16.2. The van der Waals surface area contributed by atoms with Crippen molar-refractivity contribution >= 4 is 17.8 Å². The minimum atomic E-state index is -1.17. The number of carbonyl (C=O) groups is 3. The van der Waals surface area contributed by atoms with Crippen molar-refractivity contribution in [2.24, 2.45) is 11.3 Å². The molecule has 2 N–H and O–H groups in total. The molecule has 5 nitrogen and oxygen atoms in total. The Morgan fingerprint density at radius 2 is 1.67 bits per heavy atom. The lowest BCUT2D eigenvalue weighted by molar-refractivity contribution is -0.148. The van der Waals surface area contributed by atoms with Gasteiger partial charge in [0.05, 0.1) is 0 Å². The van der Waals surface area contributed by atoms with Gasteiger partial charge < -0.3 is 0 Å². The van der Waals surface area contributed by atoms with Gasteiger partial charge in [-0.15, -0.1) is 0 Å². The maximum absolute atomic E-state index is 12.1. The standard InChI is InChI=1S/C13H20N2O3/c1-4-6-7-8-13(9(3)5-2)10(16)14-12(18)15-11(13)17/h6-7,9H,4-5,8H2,1-3H3,(H2,14,15,16,17,18)/b7-6+. The lowest BCUT2D eigenvalue weighted by Crippen LogP contribution is -2.64. The van der Waals surface area contributed by atoms with Gasteiger partial charge in [0.25, 0.3) is 0 Å². The van der Waals surface area contributed by atoms with E-state index >= 15 is 0 Å². The molecule has 5 heteroatoms. The van der Waals surface area contributed by atoms with Crippen molar-refractivity contribution in [2.75, 3.05) is 0 Å². The molecule has 1 aliphatic heterocycles. The van der Waals surface area contributed by atoms with E-state index in [0.717, 1.165) is 6.42 Å². The van der Waals surface area contributed by atoms with Crippen molar-refractivity contribution in [3.8, 4) is 0 Å². The fourth-order valence-electron chi connectivity index (χ4n) is 2.18. The molecule has 0 aliphatic carbocycles. The minimum absolute atomic E-state index is 0.132. The van der Waals surface area contributed by atoms with Crippen LogP contribution in [0.1, 0.15) is 40.0 Å². The van der Waals surface area contributed by atoms with E-state index in [9.17, 15) is 14.4 Å².